The number of nitrogens with two attached hydrogens (primary N) is 1. The van der Waals surface area contributed by atoms with Gasteiger partial charge in [0.2, 0.25) is 0 Å². The summed E-state index contributed by atoms with van der Waals surface area (Å²) in [5.74, 6) is -0.734. The lowest BCUT2D eigenvalue weighted by Gasteiger charge is -1.96. The minimum absolute atomic E-state index is 0. The molecular weight excluding hydrogens is 158 g/mol. The third-order valence-electron chi connectivity index (χ3n) is 0.603. The lowest BCUT2D eigenvalue weighted by molar-refractivity contribution is -0.145. The zero-order valence-corrected chi connectivity index (χ0v) is 6.44. The Morgan fingerprint density at radius 3 is 2.30 bits per heavy atom. The van der Waals surface area contributed by atoms with E-state index in [4.69, 9.17) is 5.73 Å². The fourth-order valence-corrected chi connectivity index (χ4v) is 0.241. The van der Waals surface area contributed by atoms with Gasteiger partial charge in [0.1, 0.15) is 6.61 Å². The average molecular weight is 168 g/mol. The van der Waals surface area contributed by atoms with Gasteiger partial charge in [-0.25, -0.2) is 0 Å². The summed E-state index contributed by atoms with van der Waals surface area (Å²) in [6.07, 6.45) is 0. The number of hydrogen-bond acceptors (Lipinski definition) is 4. The molecule has 0 bridgehead atoms. The molecular formula is C5H10ClNO3. The minimum atomic E-state index is -0.551. The van der Waals surface area contributed by atoms with Crippen LogP contribution in [0.2, 0.25) is 0 Å². The second-order valence-corrected chi connectivity index (χ2v) is 1.57. The molecule has 0 heterocycles. The molecule has 0 aromatic carbocycles. The van der Waals surface area contributed by atoms with E-state index in [0.717, 1.165) is 0 Å². The predicted octanol–water partition coefficient (Wildman–Crippen LogP) is -0.501. The van der Waals surface area contributed by atoms with Gasteiger partial charge in [-0.15, -0.1) is 12.4 Å². The van der Waals surface area contributed by atoms with Crippen LogP contribution in [0.1, 0.15) is 6.92 Å². The van der Waals surface area contributed by atoms with Crippen LogP contribution in [0.5, 0.6) is 0 Å². The zero-order chi connectivity index (χ0) is 7.28. The molecule has 0 spiro atoms. The van der Waals surface area contributed by atoms with Crippen molar-refractivity contribution in [2.24, 2.45) is 5.73 Å². The highest BCUT2D eigenvalue weighted by Gasteiger charge is 1.98. The van der Waals surface area contributed by atoms with Crippen LogP contribution in [0.4, 0.5) is 0 Å². The third kappa shape index (κ3) is 7.39. The normalized spacial score (nSPS) is 7.80. The summed E-state index contributed by atoms with van der Waals surface area (Å²) in [5, 5.41) is 0. The van der Waals surface area contributed by atoms with Crippen molar-refractivity contribution in [3.05, 3.63) is 0 Å². The second-order valence-electron chi connectivity index (χ2n) is 1.57. The molecule has 0 aromatic heterocycles. The number of esters is 1. The fraction of sp³-hybridized carbons (Fsp3) is 0.600. The van der Waals surface area contributed by atoms with Crippen molar-refractivity contribution in [1.82, 2.24) is 0 Å². The van der Waals surface area contributed by atoms with Gasteiger partial charge in [0.25, 0.3) is 0 Å². The molecule has 60 valence electrons. The molecule has 0 saturated carbocycles. The number of Topliss-reactive ketones (excluding diaryl/α,β-unsaturated/α-hetero) is 1. The van der Waals surface area contributed by atoms with Gasteiger partial charge in [0.05, 0.1) is 6.54 Å². The number of halogens is 1. The Morgan fingerprint density at radius 1 is 1.50 bits per heavy atom. The van der Waals surface area contributed by atoms with Crippen LogP contribution in [-0.4, -0.2) is 24.9 Å². The monoisotopic (exact) mass is 167 g/mol. The van der Waals surface area contributed by atoms with E-state index in [9.17, 15) is 9.59 Å². The van der Waals surface area contributed by atoms with Gasteiger partial charge in [-0.1, -0.05) is 0 Å². The van der Waals surface area contributed by atoms with Crippen molar-refractivity contribution in [2.45, 2.75) is 6.92 Å². The largest absolute Gasteiger partial charge is 0.457 e. The number of carbonyl (C=O) groups is 2. The Balaban J connectivity index is 0. The van der Waals surface area contributed by atoms with Crippen molar-refractivity contribution >= 4 is 24.2 Å². The zero-order valence-electron chi connectivity index (χ0n) is 5.62. The van der Waals surface area contributed by atoms with Gasteiger partial charge >= 0.3 is 5.97 Å². The van der Waals surface area contributed by atoms with Crippen LogP contribution in [0.3, 0.4) is 0 Å². The maximum absolute atomic E-state index is 10.2. The molecule has 0 aliphatic carbocycles. The summed E-state index contributed by atoms with van der Waals surface area (Å²) in [5.41, 5.74) is 4.87. The van der Waals surface area contributed by atoms with Crippen LogP contribution in [0.25, 0.3) is 0 Å². The Hall–Kier alpha value is -0.610. The van der Waals surface area contributed by atoms with Gasteiger partial charge in [-0.2, -0.15) is 0 Å². The molecule has 0 amide bonds. The molecule has 0 saturated heterocycles. The summed E-state index contributed by atoms with van der Waals surface area (Å²) >= 11 is 0. The fourth-order valence-electron chi connectivity index (χ4n) is 0.241. The Kier molecular flexibility index (Phi) is 7.88. The summed E-state index contributed by atoms with van der Waals surface area (Å²) < 4.78 is 4.34. The van der Waals surface area contributed by atoms with E-state index >= 15 is 0 Å². The van der Waals surface area contributed by atoms with Gasteiger partial charge in [-0.05, 0) is 6.92 Å². The van der Waals surface area contributed by atoms with Crippen molar-refractivity contribution in [3.8, 4) is 0 Å². The standard InChI is InChI=1S/C5H9NO3.ClH/c1-4(7)3-9-5(8)2-6;/h2-3,6H2,1H3;1H. The third-order valence-corrected chi connectivity index (χ3v) is 0.603. The van der Waals surface area contributed by atoms with Crippen LogP contribution in [0, 0.1) is 0 Å². The quantitative estimate of drug-likeness (QED) is 0.576. The molecule has 0 atom stereocenters. The topological polar surface area (TPSA) is 69.4 Å². The van der Waals surface area contributed by atoms with Crippen LogP contribution in [-0.2, 0) is 14.3 Å². The second kappa shape index (κ2) is 6.51. The van der Waals surface area contributed by atoms with Gasteiger partial charge in [0.15, 0.2) is 5.78 Å². The number of ether oxygens (including phenoxy) is 1. The molecule has 10 heavy (non-hydrogen) atoms. The summed E-state index contributed by atoms with van der Waals surface area (Å²) in [6, 6.07) is 0. The van der Waals surface area contributed by atoms with E-state index in [0.29, 0.717) is 0 Å². The molecule has 0 unspecified atom stereocenters. The predicted molar refractivity (Wildman–Crippen MR) is 37.9 cm³/mol. The highest BCUT2D eigenvalue weighted by Crippen LogP contribution is 1.75. The minimum Gasteiger partial charge on any atom is -0.457 e. The van der Waals surface area contributed by atoms with E-state index < -0.39 is 5.97 Å². The first kappa shape index (κ1) is 12.1. The molecule has 0 aliphatic heterocycles. The lowest BCUT2D eigenvalue weighted by atomic mass is 10.5. The van der Waals surface area contributed by atoms with Crippen molar-refractivity contribution in [3.63, 3.8) is 0 Å². The highest BCUT2D eigenvalue weighted by atomic mass is 35.5. The molecule has 0 radical (unpaired) electrons. The molecule has 0 fully saturated rings. The van der Waals surface area contributed by atoms with Crippen molar-refractivity contribution in [2.75, 3.05) is 13.2 Å². The van der Waals surface area contributed by atoms with Crippen LogP contribution >= 0.6 is 12.4 Å². The maximum Gasteiger partial charge on any atom is 0.320 e. The number of ketones is 1. The van der Waals surface area contributed by atoms with Gasteiger partial charge in [-0.3, -0.25) is 9.59 Å². The first-order valence-electron chi connectivity index (χ1n) is 2.52. The van der Waals surface area contributed by atoms with E-state index in [1.165, 1.54) is 6.92 Å². The average Bonchev–Trinajstić information content (AvgIpc) is 1.83. The van der Waals surface area contributed by atoms with Gasteiger partial charge in [0, 0.05) is 0 Å². The highest BCUT2D eigenvalue weighted by molar-refractivity contribution is 5.85. The Morgan fingerprint density at radius 2 is 2.00 bits per heavy atom. The van der Waals surface area contributed by atoms with E-state index in [-0.39, 0.29) is 31.3 Å². The smallest absolute Gasteiger partial charge is 0.320 e. The molecule has 0 aliphatic rings. The summed E-state index contributed by atoms with van der Waals surface area (Å²) in [4.78, 5) is 20.4. The molecule has 0 aromatic rings. The maximum atomic E-state index is 10.2. The first-order chi connectivity index (χ1) is 4.16. The van der Waals surface area contributed by atoms with E-state index in [1.807, 2.05) is 0 Å². The van der Waals surface area contributed by atoms with E-state index in [1.54, 1.807) is 0 Å². The van der Waals surface area contributed by atoms with Crippen LogP contribution < -0.4 is 5.73 Å². The number of carbonyl (C=O) groups excluding carboxylic acids is 2. The molecule has 5 heteroatoms. The molecule has 0 rings (SSSR count). The SMILES string of the molecule is CC(=O)COC(=O)CN.Cl. The Bertz CT molecular complexity index is 126. The lowest BCUT2D eigenvalue weighted by Crippen LogP contribution is -2.19. The van der Waals surface area contributed by atoms with Crippen molar-refractivity contribution < 1.29 is 14.3 Å². The molecule has 2 N–H and O–H groups in total. The van der Waals surface area contributed by atoms with Crippen LogP contribution in [0.15, 0.2) is 0 Å². The van der Waals surface area contributed by atoms with E-state index in [2.05, 4.69) is 4.74 Å². The summed E-state index contributed by atoms with van der Waals surface area (Å²) in [6.45, 7) is 0.993. The number of rotatable bonds is 3. The summed E-state index contributed by atoms with van der Waals surface area (Å²) in [7, 11) is 0. The molecule has 4 nitrogen and oxygen atoms in total. The first-order valence-corrected chi connectivity index (χ1v) is 2.52. The van der Waals surface area contributed by atoms with Crippen molar-refractivity contribution in [1.29, 1.82) is 0 Å². The van der Waals surface area contributed by atoms with Gasteiger partial charge < -0.3 is 10.5 Å². The number of hydrogen-bond donors (Lipinski definition) is 1. The Labute approximate surface area is 65.1 Å².